The van der Waals surface area contributed by atoms with E-state index in [0.717, 1.165) is 24.0 Å². The van der Waals surface area contributed by atoms with E-state index in [1.807, 2.05) is 37.3 Å². The van der Waals surface area contributed by atoms with Crippen LogP contribution in [0.3, 0.4) is 0 Å². The minimum absolute atomic E-state index is 0.0258. The lowest BCUT2D eigenvalue weighted by atomic mass is 9.85. The number of amides is 1. The summed E-state index contributed by atoms with van der Waals surface area (Å²) in [4.78, 5) is 13.2. The Kier molecular flexibility index (Phi) is 10.3. The van der Waals surface area contributed by atoms with Gasteiger partial charge in [0, 0.05) is 22.0 Å². The quantitative estimate of drug-likeness (QED) is 0.332. The molecule has 0 saturated carbocycles. The van der Waals surface area contributed by atoms with Gasteiger partial charge >= 0.3 is 0 Å². The van der Waals surface area contributed by atoms with Crippen LogP contribution in [-0.4, -0.2) is 17.6 Å². The van der Waals surface area contributed by atoms with Gasteiger partial charge in [-0.3, -0.25) is 4.79 Å². The van der Waals surface area contributed by atoms with Crippen molar-refractivity contribution >= 4 is 29.1 Å². The Morgan fingerprint density at radius 1 is 1.15 bits per heavy atom. The van der Waals surface area contributed by atoms with Crippen molar-refractivity contribution in [2.45, 2.75) is 52.2 Å². The van der Waals surface area contributed by atoms with Crippen molar-refractivity contribution in [3.8, 4) is 5.75 Å². The van der Waals surface area contributed by atoms with Gasteiger partial charge < -0.3 is 10.1 Å². The summed E-state index contributed by atoms with van der Waals surface area (Å²) in [5.74, 6) is 0.373. The van der Waals surface area contributed by atoms with Crippen molar-refractivity contribution in [3.63, 3.8) is 0 Å². The summed E-state index contributed by atoms with van der Waals surface area (Å²) < 4.78 is 5.97. The predicted octanol–water partition coefficient (Wildman–Crippen LogP) is 7.59. The molecule has 0 aromatic heterocycles. The molecule has 3 nitrogen and oxygen atoms in total. The number of benzene rings is 2. The molecule has 2 rings (SSSR count). The van der Waals surface area contributed by atoms with Crippen LogP contribution in [-0.2, 0) is 11.2 Å². The molecule has 0 aliphatic carbocycles. The van der Waals surface area contributed by atoms with E-state index >= 15 is 0 Å². The first-order valence-electron chi connectivity index (χ1n) is 11.2. The van der Waals surface area contributed by atoms with Crippen LogP contribution in [0.4, 0.5) is 0 Å². The van der Waals surface area contributed by atoms with Gasteiger partial charge in [0.25, 0.3) is 5.91 Å². The van der Waals surface area contributed by atoms with Crippen molar-refractivity contribution in [2.75, 3.05) is 0 Å². The minimum Gasteiger partial charge on any atom is -0.478 e. The summed E-state index contributed by atoms with van der Waals surface area (Å²) in [5.41, 5.74) is 1.16. The van der Waals surface area contributed by atoms with Gasteiger partial charge in [0.1, 0.15) is 5.75 Å². The fourth-order valence-electron chi connectivity index (χ4n) is 3.50. The zero-order chi connectivity index (χ0) is 24.4. The Morgan fingerprint density at radius 3 is 2.45 bits per heavy atom. The second-order valence-electron chi connectivity index (χ2n) is 8.48. The summed E-state index contributed by atoms with van der Waals surface area (Å²) in [6, 6.07) is 14.7. The van der Waals surface area contributed by atoms with Gasteiger partial charge in [0.15, 0.2) is 5.60 Å². The number of carbonyl (C=O) groups excluding carboxylic acids is 1. The van der Waals surface area contributed by atoms with Gasteiger partial charge in [-0.15, -0.1) is 0 Å². The molecule has 5 heteroatoms. The SMILES string of the molecule is C=C/C=C(\C=C/CC)C(Cc1ccc(Cl)cc1)C(C)NC(=O)C(C)(C)Oc1cccc(Cl)c1. The maximum atomic E-state index is 13.2. The van der Waals surface area contributed by atoms with Gasteiger partial charge in [-0.1, -0.05) is 79.2 Å². The number of hydrogen-bond acceptors (Lipinski definition) is 2. The van der Waals surface area contributed by atoms with E-state index in [4.69, 9.17) is 27.9 Å². The number of rotatable bonds is 11. The lowest BCUT2D eigenvalue weighted by molar-refractivity contribution is -0.135. The largest absolute Gasteiger partial charge is 0.478 e. The second-order valence-corrected chi connectivity index (χ2v) is 9.35. The first-order valence-corrected chi connectivity index (χ1v) is 11.9. The molecular formula is C28H33Cl2NO2. The first-order chi connectivity index (χ1) is 15.7. The maximum absolute atomic E-state index is 13.2. The Bertz CT molecular complexity index is 993. The number of nitrogens with one attached hydrogen (secondary N) is 1. The predicted molar refractivity (Wildman–Crippen MR) is 140 cm³/mol. The third-order valence-corrected chi connectivity index (χ3v) is 5.82. The standard InChI is InChI=1S/C28H33Cl2NO2/c1-6-8-11-22(10-7-2)26(18-21-14-16-23(29)17-15-21)20(3)31-27(32)28(4,5)33-25-13-9-12-24(30)19-25/h7-17,19-20,26H,2,6,18H2,1,3-5H3,(H,31,32)/b11-8-,22-10+. The van der Waals surface area contributed by atoms with E-state index in [9.17, 15) is 4.79 Å². The molecule has 0 aliphatic rings. The van der Waals surface area contributed by atoms with E-state index in [0.29, 0.717) is 15.8 Å². The van der Waals surface area contributed by atoms with Crippen LogP contribution < -0.4 is 10.1 Å². The maximum Gasteiger partial charge on any atom is 0.263 e. The number of carbonyl (C=O) groups is 1. The fourth-order valence-corrected chi connectivity index (χ4v) is 3.81. The van der Waals surface area contributed by atoms with E-state index in [1.165, 1.54) is 0 Å². The van der Waals surface area contributed by atoms with Crippen LogP contribution in [0, 0.1) is 5.92 Å². The molecule has 0 fully saturated rings. The Hall–Kier alpha value is -2.49. The van der Waals surface area contributed by atoms with E-state index in [2.05, 4.69) is 31.0 Å². The van der Waals surface area contributed by atoms with E-state index in [1.54, 1.807) is 44.2 Å². The summed E-state index contributed by atoms with van der Waals surface area (Å²) in [6.07, 6.45) is 9.67. The zero-order valence-corrected chi connectivity index (χ0v) is 21.3. The highest BCUT2D eigenvalue weighted by atomic mass is 35.5. The molecule has 2 atom stereocenters. The van der Waals surface area contributed by atoms with Gasteiger partial charge in [-0.25, -0.2) is 0 Å². The number of hydrogen-bond donors (Lipinski definition) is 1. The summed E-state index contributed by atoms with van der Waals surface area (Å²) in [6.45, 7) is 11.5. The van der Waals surface area contributed by atoms with Gasteiger partial charge in [0.05, 0.1) is 0 Å². The monoisotopic (exact) mass is 485 g/mol. The van der Waals surface area contributed by atoms with Crippen LogP contribution in [0.2, 0.25) is 10.0 Å². The highest BCUT2D eigenvalue weighted by molar-refractivity contribution is 6.30. The van der Waals surface area contributed by atoms with Crippen LogP contribution in [0.25, 0.3) is 0 Å². The van der Waals surface area contributed by atoms with Crippen molar-refractivity contribution in [1.29, 1.82) is 0 Å². The van der Waals surface area contributed by atoms with Crippen LogP contribution in [0.5, 0.6) is 5.75 Å². The van der Waals surface area contributed by atoms with Gasteiger partial charge in [-0.2, -0.15) is 0 Å². The lowest BCUT2D eigenvalue weighted by Crippen LogP contribution is -2.51. The molecule has 33 heavy (non-hydrogen) atoms. The van der Waals surface area contributed by atoms with Crippen LogP contribution in [0.15, 0.2) is 85.0 Å². The third kappa shape index (κ3) is 8.42. The Balaban J connectivity index is 2.26. The number of halogens is 2. The lowest BCUT2D eigenvalue weighted by Gasteiger charge is -2.31. The van der Waals surface area contributed by atoms with Gasteiger partial charge in [0.2, 0.25) is 0 Å². The summed E-state index contributed by atoms with van der Waals surface area (Å²) in [5, 5.41) is 4.43. The highest BCUT2D eigenvalue weighted by Gasteiger charge is 2.33. The van der Waals surface area contributed by atoms with Gasteiger partial charge in [-0.05, 0) is 75.1 Å². The van der Waals surface area contributed by atoms with Crippen molar-refractivity contribution in [1.82, 2.24) is 5.32 Å². The average molecular weight is 486 g/mol. The molecule has 0 spiro atoms. The third-order valence-electron chi connectivity index (χ3n) is 5.33. The molecule has 0 radical (unpaired) electrons. The summed E-state index contributed by atoms with van der Waals surface area (Å²) in [7, 11) is 0. The Labute approximate surface area is 208 Å². The molecule has 2 unspecified atom stereocenters. The van der Waals surface area contributed by atoms with Crippen molar-refractivity contribution < 1.29 is 9.53 Å². The molecule has 0 heterocycles. The molecule has 1 amide bonds. The van der Waals surface area contributed by atoms with E-state index in [-0.39, 0.29) is 17.9 Å². The smallest absolute Gasteiger partial charge is 0.263 e. The molecule has 0 bridgehead atoms. The molecule has 1 N–H and O–H groups in total. The second kappa shape index (κ2) is 12.7. The van der Waals surface area contributed by atoms with Crippen LogP contribution in [0.1, 0.15) is 39.7 Å². The number of allylic oxidation sites excluding steroid dienone is 4. The van der Waals surface area contributed by atoms with Crippen molar-refractivity contribution in [3.05, 3.63) is 101 Å². The molecular weight excluding hydrogens is 453 g/mol. The molecule has 0 saturated heterocycles. The fraction of sp³-hybridized carbons (Fsp3) is 0.321. The minimum atomic E-state index is -1.08. The number of ether oxygens (including phenoxy) is 1. The molecule has 2 aromatic carbocycles. The normalized spacial score (nSPS) is 14.1. The van der Waals surface area contributed by atoms with Crippen LogP contribution >= 0.6 is 23.2 Å². The molecule has 176 valence electrons. The topological polar surface area (TPSA) is 38.3 Å². The molecule has 2 aromatic rings. The Morgan fingerprint density at radius 2 is 1.85 bits per heavy atom. The summed E-state index contributed by atoms with van der Waals surface area (Å²) >= 11 is 12.1. The first kappa shape index (κ1) is 26.8. The zero-order valence-electron chi connectivity index (χ0n) is 19.8. The average Bonchev–Trinajstić information content (AvgIpc) is 2.76. The highest BCUT2D eigenvalue weighted by Crippen LogP contribution is 2.26. The van der Waals surface area contributed by atoms with Crippen molar-refractivity contribution in [2.24, 2.45) is 5.92 Å². The van der Waals surface area contributed by atoms with E-state index < -0.39 is 5.60 Å². The molecule has 0 aliphatic heterocycles.